The van der Waals surface area contributed by atoms with Crippen LogP contribution in [-0.2, 0) is 22.6 Å². The van der Waals surface area contributed by atoms with Crippen molar-refractivity contribution in [2.24, 2.45) is 0 Å². The van der Waals surface area contributed by atoms with Crippen LogP contribution in [0.25, 0.3) is 11.1 Å². The minimum atomic E-state index is -5.06. The van der Waals surface area contributed by atoms with Crippen LogP contribution in [0.2, 0.25) is 0 Å². The highest BCUT2D eigenvalue weighted by molar-refractivity contribution is 6.03. The molecule has 0 saturated carbocycles. The van der Waals surface area contributed by atoms with Gasteiger partial charge in [0.2, 0.25) is 5.91 Å². The van der Waals surface area contributed by atoms with E-state index in [0.29, 0.717) is 29.1 Å². The van der Waals surface area contributed by atoms with E-state index in [1.807, 2.05) is 19.1 Å². The average molecular weight is 584 g/mol. The number of anilines is 2. The highest BCUT2D eigenvalue weighted by Gasteiger charge is 2.41. The quantitative estimate of drug-likeness (QED) is 0.310. The fourth-order valence-corrected chi connectivity index (χ4v) is 4.52. The van der Waals surface area contributed by atoms with Gasteiger partial charge in [0.1, 0.15) is 5.82 Å². The molecule has 41 heavy (non-hydrogen) atoms. The molecule has 0 radical (unpaired) electrons. The van der Waals surface area contributed by atoms with Crippen LogP contribution in [0.4, 0.5) is 37.8 Å². The molecule has 222 valence electrons. The smallest absolute Gasteiger partial charge is 0.395 e. The zero-order valence-electron chi connectivity index (χ0n) is 22.9. The number of benzene rings is 2. The third-order valence-corrected chi connectivity index (χ3v) is 6.88. The largest absolute Gasteiger partial charge is 0.416 e. The Balaban J connectivity index is 2.17. The standard InChI is InChI=1S/C29H31F6N3O3/c1-18-7-5-6-8-22(18)23-16-25(38(9-11-39)10-12-40)36-17-24(23)37(4)26(41)27(2,3)19-13-20(28(30,31)32)15-21(14-19)29(33,34)35/h5-8,13-17,39-40H,9-12H2,1-4H3. The van der Waals surface area contributed by atoms with E-state index >= 15 is 0 Å². The molecule has 3 aromatic rings. The van der Waals surface area contributed by atoms with Gasteiger partial charge in [-0.05, 0) is 61.7 Å². The first-order valence-corrected chi connectivity index (χ1v) is 12.6. The van der Waals surface area contributed by atoms with Crippen molar-refractivity contribution in [3.8, 4) is 11.1 Å². The molecule has 1 aromatic heterocycles. The summed E-state index contributed by atoms with van der Waals surface area (Å²) < 4.78 is 81.2. The van der Waals surface area contributed by atoms with E-state index in [1.165, 1.54) is 27.1 Å². The van der Waals surface area contributed by atoms with Crippen molar-refractivity contribution in [2.75, 3.05) is 43.2 Å². The van der Waals surface area contributed by atoms with E-state index in [-0.39, 0.29) is 38.1 Å². The molecular weight excluding hydrogens is 552 g/mol. The number of likely N-dealkylation sites (N-methyl/N-ethyl adjacent to an activating group) is 1. The van der Waals surface area contributed by atoms with E-state index < -0.39 is 40.4 Å². The molecule has 0 spiro atoms. The Morgan fingerprint density at radius 3 is 1.83 bits per heavy atom. The number of aryl methyl sites for hydroxylation is 1. The van der Waals surface area contributed by atoms with Crippen molar-refractivity contribution in [2.45, 2.75) is 38.5 Å². The zero-order valence-corrected chi connectivity index (χ0v) is 22.9. The van der Waals surface area contributed by atoms with Crippen molar-refractivity contribution in [3.63, 3.8) is 0 Å². The second kappa shape index (κ2) is 12.1. The topological polar surface area (TPSA) is 76.9 Å². The number of aliphatic hydroxyl groups excluding tert-OH is 2. The van der Waals surface area contributed by atoms with Gasteiger partial charge in [-0.2, -0.15) is 26.3 Å². The van der Waals surface area contributed by atoms with Crippen molar-refractivity contribution in [3.05, 3.63) is 77.0 Å². The van der Waals surface area contributed by atoms with Gasteiger partial charge < -0.3 is 20.0 Å². The molecule has 0 atom stereocenters. The molecule has 2 aromatic carbocycles. The maximum Gasteiger partial charge on any atom is 0.416 e. The van der Waals surface area contributed by atoms with Crippen LogP contribution < -0.4 is 9.80 Å². The number of pyridine rings is 1. The van der Waals surface area contributed by atoms with Crippen molar-refractivity contribution in [1.82, 2.24) is 4.98 Å². The summed E-state index contributed by atoms with van der Waals surface area (Å²) in [6.07, 6.45) is -8.75. The lowest BCUT2D eigenvalue weighted by molar-refractivity contribution is -0.143. The summed E-state index contributed by atoms with van der Waals surface area (Å²) >= 11 is 0. The Morgan fingerprint density at radius 2 is 1.34 bits per heavy atom. The lowest BCUT2D eigenvalue weighted by atomic mass is 9.81. The first kappa shape index (κ1) is 31.9. The number of aromatic nitrogens is 1. The van der Waals surface area contributed by atoms with Gasteiger partial charge >= 0.3 is 12.4 Å². The number of nitrogens with zero attached hydrogens (tertiary/aromatic N) is 3. The van der Waals surface area contributed by atoms with E-state index in [1.54, 1.807) is 23.1 Å². The molecule has 0 aliphatic rings. The van der Waals surface area contributed by atoms with Gasteiger partial charge in [-0.15, -0.1) is 0 Å². The summed E-state index contributed by atoms with van der Waals surface area (Å²) in [5, 5.41) is 18.9. The van der Waals surface area contributed by atoms with Crippen LogP contribution in [0, 0.1) is 6.92 Å². The van der Waals surface area contributed by atoms with E-state index in [9.17, 15) is 41.4 Å². The number of hydrogen-bond donors (Lipinski definition) is 2. The van der Waals surface area contributed by atoms with Crippen LogP contribution in [-0.4, -0.2) is 54.5 Å². The van der Waals surface area contributed by atoms with E-state index in [2.05, 4.69) is 4.98 Å². The summed E-state index contributed by atoms with van der Waals surface area (Å²) in [7, 11) is 1.38. The lowest BCUT2D eigenvalue weighted by Crippen LogP contribution is -2.42. The minimum Gasteiger partial charge on any atom is -0.395 e. The molecule has 0 aliphatic carbocycles. The van der Waals surface area contributed by atoms with Crippen molar-refractivity contribution < 1.29 is 41.4 Å². The molecule has 6 nitrogen and oxygen atoms in total. The third kappa shape index (κ3) is 6.99. The maximum atomic E-state index is 13.8. The number of amides is 1. The predicted octanol–water partition coefficient (Wildman–Crippen LogP) is 5.83. The summed E-state index contributed by atoms with van der Waals surface area (Å²) in [5.41, 5.74) is -2.97. The Bertz CT molecular complexity index is 1350. The molecule has 0 bridgehead atoms. The Kier molecular flexibility index (Phi) is 9.39. The molecule has 0 saturated heterocycles. The minimum absolute atomic E-state index is 0.0250. The average Bonchev–Trinajstić information content (AvgIpc) is 2.91. The monoisotopic (exact) mass is 583 g/mol. The Labute approximate surface area is 233 Å². The molecule has 0 aliphatic heterocycles. The van der Waals surface area contributed by atoms with Gasteiger partial charge in [0, 0.05) is 25.7 Å². The molecule has 12 heteroatoms. The van der Waals surface area contributed by atoms with E-state index in [0.717, 1.165) is 10.5 Å². The summed E-state index contributed by atoms with van der Waals surface area (Å²) in [6, 6.07) is 10.0. The number of hydrogen-bond acceptors (Lipinski definition) is 5. The van der Waals surface area contributed by atoms with Crippen LogP contribution in [0.15, 0.2) is 54.7 Å². The molecule has 0 fully saturated rings. The van der Waals surface area contributed by atoms with Gasteiger partial charge in [-0.1, -0.05) is 24.3 Å². The van der Waals surface area contributed by atoms with Gasteiger partial charge in [0.25, 0.3) is 0 Å². The first-order valence-electron chi connectivity index (χ1n) is 12.6. The number of carbonyl (C=O) groups is 1. The Hall–Kier alpha value is -3.64. The fourth-order valence-electron chi connectivity index (χ4n) is 4.52. The van der Waals surface area contributed by atoms with E-state index in [4.69, 9.17) is 0 Å². The van der Waals surface area contributed by atoms with Crippen LogP contribution in [0.5, 0.6) is 0 Å². The lowest BCUT2D eigenvalue weighted by Gasteiger charge is -2.32. The fraction of sp³-hybridized carbons (Fsp3) is 0.379. The molecule has 3 rings (SSSR count). The molecule has 1 amide bonds. The number of carbonyl (C=O) groups excluding carboxylic acids is 1. The van der Waals surface area contributed by atoms with Gasteiger partial charge in [0.15, 0.2) is 0 Å². The van der Waals surface area contributed by atoms with Crippen molar-refractivity contribution in [1.29, 1.82) is 0 Å². The van der Waals surface area contributed by atoms with Gasteiger partial charge in [-0.3, -0.25) is 4.79 Å². The normalized spacial score (nSPS) is 12.4. The number of halogens is 6. The summed E-state index contributed by atoms with van der Waals surface area (Å²) in [5.74, 6) is -0.375. The zero-order chi connectivity index (χ0) is 30.8. The SMILES string of the molecule is Cc1ccccc1-c1cc(N(CCO)CCO)ncc1N(C)C(=O)C(C)(C)c1cc(C(F)(F)F)cc(C(F)(F)F)c1. The summed E-state index contributed by atoms with van der Waals surface area (Å²) in [6.45, 7) is 4.27. The van der Waals surface area contributed by atoms with Crippen molar-refractivity contribution >= 4 is 17.4 Å². The molecular formula is C29H31F6N3O3. The highest BCUT2D eigenvalue weighted by atomic mass is 19.4. The van der Waals surface area contributed by atoms with Crippen LogP contribution in [0.3, 0.4) is 0 Å². The summed E-state index contributed by atoms with van der Waals surface area (Å²) in [4.78, 5) is 21.0. The number of rotatable bonds is 9. The number of aliphatic hydroxyl groups is 2. The van der Waals surface area contributed by atoms with Gasteiger partial charge in [-0.25, -0.2) is 4.98 Å². The number of alkyl halides is 6. The van der Waals surface area contributed by atoms with Crippen LogP contribution in [0.1, 0.15) is 36.1 Å². The first-order chi connectivity index (χ1) is 19.0. The van der Waals surface area contributed by atoms with Crippen LogP contribution >= 0.6 is 0 Å². The maximum absolute atomic E-state index is 13.8. The molecule has 0 unspecified atom stereocenters. The second-order valence-electron chi connectivity index (χ2n) is 10.1. The second-order valence-corrected chi connectivity index (χ2v) is 10.1. The predicted molar refractivity (Wildman–Crippen MR) is 144 cm³/mol. The molecule has 1 heterocycles. The third-order valence-electron chi connectivity index (χ3n) is 6.88. The Morgan fingerprint density at radius 1 is 0.829 bits per heavy atom. The molecule has 2 N–H and O–H groups in total. The van der Waals surface area contributed by atoms with Gasteiger partial charge in [0.05, 0.1) is 41.6 Å². The highest BCUT2D eigenvalue weighted by Crippen LogP contribution is 2.41.